The van der Waals surface area contributed by atoms with E-state index in [9.17, 15) is 8.78 Å². The summed E-state index contributed by atoms with van der Waals surface area (Å²) < 4.78 is 26.4. The molecule has 0 aliphatic rings. The SMILES string of the molecule is CCC(C)CO[C](F)F. The molecule has 55 valence electrons. The third kappa shape index (κ3) is 5.69. The highest BCUT2D eigenvalue weighted by molar-refractivity contribution is 4.48. The fourth-order valence-electron chi connectivity index (χ4n) is 0.323. The summed E-state index contributed by atoms with van der Waals surface area (Å²) in [6, 6.07) is 0. The molecule has 0 rings (SSSR count). The van der Waals surface area contributed by atoms with Gasteiger partial charge in [0.1, 0.15) is 0 Å². The minimum atomic E-state index is -1.93. The van der Waals surface area contributed by atoms with Gasteiger partial charge in [-0.3, -0.25) is 0 Å². The Labute approximate surface area is 54.0 Å². The Morgan fingerprint density at radius 2 is 2.11 bits per heavy atom. The first-order valence-corrected chi connectivity index (χ1v) is 2.97. The second kappa shape index (κ2) is 4.68. The Morgan fingerprint density at radius 3 is 2.44 bits per heavy atom. The van der Waals surface area contributed by atoms with E-state index < -0.39 is 6.61 Å². The molecular formula is C6H11F2O. The van der Waals surface area contributed by atoms with Crippen molar-refractivity contribution >= 4 is 0 Å². The normalized spacial score (nSPS) is 14.3. The van der Waals surface area contributed by atoms with E-state index in [-0.39, 0.29) is 12.5 Å². The maximum atomic E-state index is 11.2. The lowest BCUT2D eigenvalue weighted by Crippen LogP contribution is -2.04. The van der Waals surface area contributed by atoms with Gasteiger partial charge < -0.3 is 4.74 Å². The van der Waals surface area contributed by atoms with Crippen LogP contribution in [-0.4, -0.2) is 6.61 Å². The Bertz CT molecular complexity index is 66.1. The van der Waals surface area contributed by atoms with Gasteiger partial charge in [-0.1, -0.05) is 20.3 Å². The zero-order chi connectivity index (χ0) is 7.28. The minimum absolute atomic E-state index is 0.124. The van der Waals surface area contributed by atoms with Crippen LogP contribution in [-0.2, 0) is 4.74 Å². The molecule has 1 unspecified atom stereocenters. The molecule has 0 bridgehead atoms. The van der Waals surface area contributed by atoms with E-state index in [4.69, 9.17) is 0 Å². The number of halogens is 2. The van der Waals surface area contributed by atoms with Gasteiger partial charge in [-0.05, 0) is 5.92 Å². The van der Waals surface area contributed by atoms with Crippen LogP contribution in [0, 0.1) is 12.5 Å². The van der Waals surface area contributed by atoms with Gasteiger partial charge in [0.2, 0.25) is 0 Å². The van der Waals surface area contributed by atoms with Gasteiger partial charge in [0.25, 0.3) is 0 Å². The molecule has 0 aromatic rings. The van der Waals surface area contributed by atoms with Crippen molar-refractivity contribution in [3.63, 3.8) is 0 Å². The quantitative estimate of drug-likeness (QED) is 0.578. The fraction of sp³-hybridized carbons (Fsp3) is 0.833. The molecule has 0 aromatic carbocycles. The van der Waals surface area contributed by atoms with Crippen molar-refractivity contribution in [3.05, 3.63) is 6.61 Å². The first-order chi connectivity index (χ1) is 4.16. The number of ether oxygens (including phenoxy) is 1. The third-order valence-corrected chi connectivity index (χ3v) is 1.17. The molecule has 0 aliphatic carbocycles. The van der Waals surface area contributed by atoms with E-state index in [0.717, 1.165) is 6.42 Å². The van der Waals surface area contributed by atoms with Gasteiger partial charge in [-0.2, -0.15) is 8.78 Å². The lowest BCUT2D eigenvalue weighted by Gasteiger charge is -2.05. The average molecular weight is 137 g/mol. The van der Waals surface area contributed by atoms with Crippen LogP contribution in [0.25, 0.3) is 0 Å². The Balaban J connectivity index is 3.06. The van der Waals surface area contributed by atoms with Crippen molar-refractivity contribution in [3.8, 4) is 0 Å². The summed E-state index contributed by atoms with van der Waals surface area (Å²) in [7, 11) is 0. The molecular weight excluding hydrogens is 126 g/mol. The van der Waals surface area contributed by atoms with Crippen LogP contribution in [0.4, 0.5) is 8.78 Å². The van der Waals surface area contributed by atoms with Crippen LogP contribution in [0.1, 0.15) is 20.3 Å². The van der Waals surface area contributed by atoms with Crippen molar-refractivity contribution < 1.29 is 13.5 Å². The van der Waals surface area contributed by atoms with E-state index in [0.29, 0.717) is 0 Å². The maximum absolute atomic E-state index is 11.2. The predicted molar refractivity (Wildman–Crippen MR) is 30.9 cm³/mol. The molecule has 1 radical (unpaired) electrons. The summed E-state index contributed by atoms with van der Waals surface area (Å²) in [5, 5.41) is 0. The molecule has 1 nitrogen and oxygen atoms in total. The van der Waals surface area contributed by atoms with Crippen molar-refractivity contribution in [1.29, 1.82) is 0 Å². The molecule has 0 aromatic heterocycles. The maximum Gasteiger partial charge on any atom is 0.448 e. The molecule has 0 aliphatic heterocycles. The molecule has 0 amide bonds. The smallest absolute Gasteiger partial charge is 0.313 e. The van der Waals surface area contributed by atoms with Gasteiger partial charge in [-0.15, -0.1) is 0 Å². The van der Waals surface area contributed by atoms with Crippen LogP contribution in [0.3, 0.4) is 0 Å². The van der Waals surface area contributed by atoms with Gasteiger partial charge in [-0.25, -0.2) is 0 Å². The highest BCUT2D eigenvalue weighted by Gasteiger charge is 2.07. The van der Waals surface area contributed by atoms with E-state index in [1.165, 1.54) is 0 Å². The lowest BCUT2D eigenvalue weighted by molar-refractivity contribution is -0.0321. The van der Waals surface area contributed by atoms with Crippen molar-refractivity contribution in [2.24, 2.45) is 5.92 Å². The van der Waals surface area contributed by atoms with Crippen LogP contribution in [0.15, 0.2) is 0 Å². The Hall–Kier alpha value is -0.180. The number of rotatable bonds is 4. The standard InChI is InChI=1S/C6H11F2O/c1-3-5(2)4-9-6(7)8/h5H,3-4H2,1-2H3. The highest BCUT2D eigenvalue weighted by Crippen LogP contribution is 2.09. The van der Waals surface area contributed by atoms with Gasteiger partial charge in [0.15, 0.2) is 0 Å². The summed E-state index contributed by atoms with van der Waals surface area (Å²) >= 11 is 0. The van der Waals surface area contributed by atoms with Crippen molar-refractivity contribution in [2.45, 2.75) is 20.3 Å². The van der Waals surface area contributed by atoms with Crippen LogP contribution in [0.2, 0.25) is 0 Å². The van der Waals surface area contributed by atoms with E-state index in [1.54, 1.807) is 0 Å². The summed E-state index contributed by atoms with van der Waals surface area (Å²) in [6.07, 6.45) is 0.868. The van der Waals surface area contributed by atoms with Crippen molar-refractivity contribution in [2.75, 3.05) is 6.61 Å². The zero-order valence-electron chi connectivity index (χ0n) is 5.66. The van der Waals surface area contributed by atoms with Gasteiger partial charge in [0.05, 0.1) is 6.61 Å². The summed E-state index contributed by atoms with van der Waals surface area (Å²) in [5.74, 6) is 0.214. The minimum Gasteiger partial charge on any atom is -0.313 e. The van der Waals surface area contributed by atoms with Crippen LogP contribution < -0.4 is 0 Å². The van der Waals surface area contributed by atoms with E-state index in [1.807, 2.05) is 13.8 Å². The van der Waals surface area contributed by atoms with Gasteiger partial charge >= 0.3 is 6.61 Å². The molecule has 3 heteroatoms. The molecule has 1 atom stereocenters. The average Bonchev–Trinajstić information content (AvgIpc) is 1.83. The largest absolute Gasteiger partial charge is 0.448 e. The molecule has 0 heterocycles. The van der Waals surface area contributed by atoms with Crippen molar-refractivity contribution in [1.82, 2.24) is 0 Å². The second-order valence-corrected chi connectivity index (χ2v) is 2.05. The summed E-state index contributed by atoms with van der Waals surface area (Å²) in [4.78, 5) is 0. The molecule has 0 spiro atoms. The van der Waals surface area contributed by atoms with Gasteiger partial charge in [0, 0.05) is 0 Å². The zero-order valence-corrected chi connectivity index (χ0v) is 5.66. The van der Waals surface area contributed by atoms with E-state index in [2.05, 4.69) is 4.74 Å². The lowest BCUT2D eigenvalue weighted by atomic mass is 10.1. The molecule has 9 heavy (non-hydrogen) atoms. The molecule has 0 N–H and O–H groups in total. The molecule has 0 saturated heterocycles. The van der Waals surface area contributed by atoms with Crippen LogP contribution >= 0.6 is 0 Å². The Morgan fingerprint density at radius 1 is 1.56 bits per heavy atom. The second-order valence-electron chi connectivity index (χ2n) is 2.05. The van der Waals surface area contributed by atoms with Crippen LogP contribution in [0.5, 0.6) is 0 Å². The topological polar surface area (TPSA) is 9.23 Å². The summed E-state index contributed by atoms with van der Waals surface area (Å²) in [5.41, 5.74) is 0. The predicted octanol–water partition coefficient (Wildman–Crippen LogP) is 2.44. The highest BCUT2D eigenvalue weighted by atomic mass is 19.3. The number of hydrogen-bond donors (Lipinski definition) is 0. The fourth-order valence-corrected chi connectivity index (χ4v) is 0.323. The number of hydrogen-bond acceptors (Lipinski definition) is 1. The molecule has 0 saturated carbocycles. The first kappa shape index (κ1) is 8.82. The monoisotopic (exact) mass is 137 g/mol. The summed E-state index contributed by atoms with van der Waals surface area (Å²) in [6.45, 7) is 1.99. The molecule has 0 fully saturated rings. The third-order valence-electron chi connectivity index (χ3n) is 1.17. The van der Waals surface area contributed by atoms with E-state index >= 15 is 0 Å². The first-order valence-electron chi connectivity index (χ1n) is 2.97. The Kier molecular flexibility index (Phi) is 4.58.